The Morgan fingerprint density at radius 3 is 2.10 bits per heavy atom. The van der Waals surface area contributed by atoms with Crippen molar-refractivity contribution in [2.75, 3.05) is 6.54 Å². The second-order valence-electron chi connectivity index (χ2n) is 7.35. The van der Waals surface area contributed by atoms with Crippen LogP contribution < -0.4 is 5.32 Å². The van der Waals surface area contributed by atoms with E-state index in [2.05, 4.69) is 5.32 Å². The second kappa shape index (κ2) is 5.14. The molecule has 4 aliphatic rings. The van der Waals surface area contributed by atoms with Crippen LogP contribution in [-0.4, -0.2) is 6.54 Å². The number of halogens is 1. The van der Waals surface area contributed by atoms with Crippen molar-refractivity contribution in [3.63, 3.8) is 0 Å². The first-order valence-corrected chi connectivity index (χ1v) is 8.23. The average Bonchev–Trinajstić information content (AvgIpc) is 2.43. The Hall–Kier alpha value is -0.890. The van der Waals surface area contributed by atoms with Crippen LogP contribution in [0.5, 0.6) is 0 Å². The van der Waals surface area contributed by atoms with E-state index in [1.807, 2.05) is 12.1 Å². The van der Waals surface area contributed by atoms with Gasteiger partial charge in [-0.05, 0) is 85.9 Å². The van der Waals surface area contributed by atoms with Gasteiger partial charge < -0.3 is 5.32 Å². The van der Waals surface area contributed by atoms with Crippen LogP contribution in [-0.2, 0) is 6.54 Å². The zero-order chi connectivity index (χ0) is 13.5. The fraction of sp³-hybridized carbons (Fsp3) is 0.667. The minimum Gasteiger partial charge on any atom is -0.312 e. The SMILES string of the molecule is Fc1ccc(CNCC2C3CC4CC(C3)CC2C4)cc1. The lowest BCUT2D eigenvalue weighted by molar-refractivity contribution is -0.0355. The van der Waals surface area contributed by atoms with E-state index in [0.29, 0.717) is 0 Å². The van der Waals surface area contributed by atoms with Crippen LogP contribution in [0.25, 0.3) is 0 Å². The highest BCUT2D eigenvalue weighted by Crippen LogP contribution is 2.56. The van der Waals surface area contributed by atoms with Crippen LogP contribution in [0.15, 0.2) is 24.3 Å². The molecular formula is C18H24FN. The number of nitrogens with one attached hydrogen (secondary N) is 1. The maximum Gasteiger partial charge on any atom is 0.123 e. The summed E-state index contributed by atoms with van der Waals surface area (Å²) in [4.78, 5) is 0. The van der Waals surface area contributed by atoms with Gasteiger partial charge in [0.15, 0.2) is 0 Å². The molecule has 5 rings (SSSR count). The molecule has 0 spiro atoms. The van der Waals surface area contributed by atoms with Crippen molar-refractivity contribution in [2.45, 2.75) is 38.6 Å². The third-order valence-corrected chi connectivity index (χ3v) is 6.04. The van der Waals surface area contributed by atoms with Crippen molar-refractivity contribution < 1.29 is 4.39 Å². The first-order chi connectivity index (χ1) is 9.78. The third kappa shape index (κ3) is 2.39. The minimum atomic E-state index is -0.144. The summed E-state index contributed by atoms with van der Waals surface area (Å²) in [5.41, 5.74) is 1.19. The smallest absolute Gasteiger partial charge is 0.123 e. The lowest BCUT2D eigenvalue weighted by Gasteiger charge is -2.54. The quantitative estimate of drug-likeness (QED) is 0.874. The molecular weight excluding hydrogens is 249 g/mol. The summed E-state index contributed by atoms with van der Waals surface area (Å²) in [6.07, 6.45) is 7.51. The van der Waals surface area contributed by atoms with Gasteiger partial charge in [0.1, 0.15) is 5.82 Å². The van der Waals surface area contributed by atoms with Crippen LogP contribution in [0, 0.1) is 35.4 Å². The van der Waals surface area contributed by atoms with Gasteiger partial charge in [-0.2, -0.15) is 0 Å². The van der Waals surface area contributed by atoms with Crippen LogP contribution in [0.4, 0.5) is 4.39 Å². The van der Waals surface area contributed by atoms with E-state index in [-0.39, 0.29) is 5.82 Å². The minimum absolute atomic E-state index is 0.144. The Balaban J connectivity index is 1.32. The van der Waals surface area contributed by atoms with Crippen molar-refractivity contribution in [1.82, 2.24) is 5.32 Å². The highest BCUT2D eigenvalue weighted by atomic mass is 19.1. The van der Waals surface area contributed by atoms with Crippen LogP contribution in [0.1, 0.15) is 37.7 Å². The maximum absolute atomic E-state index is 12.9. The van der Waals surface area contributed by atoms with Gasteiger partial charge in [-0.25, -0.2) is 4.39 Å². The van der Waals surface area contributed by atoms with E-state index < -0.39 is 0 Å². The molecule has 4 bridgehead atoms. The van der Waals surface area contributed by atoms with Gasteiger partial charge in [0.25, 0.3) is 0 Å². The van der Waals surface area contributed by atoms with E-state index in [4.69, 9.17) is 0 Å². The molecule has 1 nitrogen and oxygen atoms in total. The first kappa shape index (κ1) is 12.8. The number of benzene rings is 1. The zero-order valence-electron chi connectivity index (χ0n) is 12.0. The van der Waals surface area contributed by atoms with E-state index in [9.17, 15) is 4.39 Å². The predicted molar refractivity (Wildman–Crippen MR) is 78.6 cm³/mol. The molecule has 0 radical (unpaired) electrons. The van der Waals surface area contributed by atoms with Crippen molar-refractivity contribution in [1.29, 1.82) is 0 Å². The van der Waals surface area contributed by atoms with Crippen molar-refractivity contribution in [3.05, 3.63) is 35.6 Å². The molecule has 1 aromatic rings. The van der Waals surface area contributed by atoms with E-state index in [1.54, 1.807) is 12.1 Å². The van der Waals surface area contributed by atoms with Gasteiger partial charge >= 0.3 is 0 Å². The molecule has 108 valence electrons. The highest BCUT2D eigenvalue weighted by molar-refractivity contribution is 5.15. The van der Waals surface area contributed by atoms with Gasteiger partial charge in [-0.1, -0.05) is 12.1 Å². The number of hydrogen-bond donors (Lipinski definition) is 1. The molecule has 0 saturated heterocycles. The fourth-order valence-electron chi connectivity index (χ4n) is 5.36. The number of rotatable bonds is 4. The maximum atomic E-state index is 12.9. The van der Waals surface area contributed by atoms with Gasteiger partial charge in [0, 0.05) is 6.54 Å². The van der Waals surface area contributed by atoms with E-state index >= 15 is 0 Å². The van der Waals surface area contributed by atoms with Crippen LogP contribution in [0.2, 0.25) is 0 Å². The predicted octanol–water partition coefficient (Wildman–Crippen LogP) is 3.99. The molecule has 0 atom stereocenters. The van der Waals surface area contributed by atoms with Gasteiger partial charge in [-0.15, -0.1) is 0 Å². The molecule has 0 aliphatic heterocycles. The molecule has 0 heterocycles. The lowest BCUT2D eigenvalue weighted by Crippen LogP contribution is -2.48. The zero-order valence-corrected chi connectivity index (χ0v) is 12.0. The summed E-state index contributed by atoms with van der Waals surface area (Å²) in [6, 6.07) is 6.89. The largest absolute Gasteiger partial charge is 0.312 e. The van der Waals surface area contributed by atoms with Crippen molar-refractivity contribution in [3.8, 4) is 0 Å². The molecule has 1 N–H and O–H groups in total. The third-order valence-electron chi connectivity index (χ3n) is 6.04. The molecule has 20 heavy (non-hydrogen) atoms. The molecule has 0 aromatic heterocycles. The van der Waals surface area contributed by atoms with Crippen molar-refractivity contribution >= 4 is 0 Å². The molecule has 2 heteroatoms. The summed E-state index contributed by atoms with van der Waals surface area (Å²) < 4.78 is 12.9. The van der Waals surface area contributed by atoms with Gasteiger partial charge in [-0.3, -0.25) is 0 Å². The Bertz CT molecular complexity index is 439. The van der Waals surface area contributed by atoms with Crippen molar-refractivity contribution in [2.24, 2.45) is 29.6 Å². The Morgan fingerprint density at radius 1 is 0.900 bits per heavy atom. The summed E-state index contributed by atoms with van der Waals surface area (Å²) in [5.74, 6) is 4.87. The summed E-state index contributed by atoms with van der Waals surface area (Å²) in [6.45, 7) is 2.04. The molecule has 0 amide bonds. The average molecular weight is 273 g/mol. The normalized spacial score (nSPS) is 38.4. The van der Waals surface area contributed by atoms with Crippen LogP contribution in [0.3, 0.4) is 0 Å². The standard InChI is InChI=1S/C18H24FN/c19-17-3-1-12(2-4-17)10-20-11-18-15-6-13-5-14(8-15)9-16(18)7-13/h1-4,13-16,18,20H,5-11H2. The Labute approximate surface area is 121 Å². The molecule has 4 saturated carbocycles. The second-order valence-corrected chi connectivity index (χ2v) is 7.35. The highest BCUT2D eigenvalue weighted by Gasteiger charge is 2.47. The number of hydrogen-bond acceptors (Lipinski definition) is 1. The Kier molecular flexibility index (Phi) is 3.30. The molecule has 4 fully saturated rings. The fourth-order valence-corrected chi connectivity index (χ4v) is 5.36. The van der Waals surface area contributed by atoms with Crippen LogP contribution >= 0.6 is 0 Å². The molecule has 1 aromatic carbocycles. The monoisotopic (exact) mass is 273 g/mol. The van der Waals surface area contributed by atoms with Gasteiger partial charge in [0.2, 0.25) is 0 Å². The molecule has 0 unspecified atom stereocenters. The van der Waals surface area contributed by atoms with E-state index in [1.165, 1.54) is 37.7 Å². The molecule has 4 aliphatic carbocycles. The summed E-state index contributed by atoms with van der Waals surface area (Å²) in [7, 11) is 0. The summed E-state index contributed by atoms with van der Waals surface area (Å²) >= 11 is 0. The first-order valence-electron chi connectivity index (χ1n) is 8.23. The summed E-state index contributed by atoms with van der Waals surface area (Å²) in [5, 5.41) is 3.63. The Morgan fingerprint density at radius 2 is 1.50 bits per heavy atom. The topological polar surface area (TPSA) is 12.0 Å². The van der Waals surface area contributed by atoms with Gasteiger partial charge in [0.05, 0.1) is 0 Å². The lowest BCUT2D eigenvalue weighted by atomic mass is 9.52. The van der Waals surface area contributed by atoms with E-state index in [0.717, 1.165) is 42.7 Å².